The van der Waals surface area contributed by atoms with Gasteiger partial charge in [-0.2, -0.15) is 0 Å². The molecule has 1 nitrogen and oxygen atoms in total. The highest BCUT2D eigenvalue weighted by Crippen LogP contribution is 2.28. The summed E-state index contributed by atoms with van der Waals surface area (Å²) in [6.07, 6.45) is 0. The Labute approximate surface area is 101 Å². The van der Waals surface area contributed by atoms with Gasteiger partial charge in [-0.25, -0.2) is 17.6 Å². The molecule has 0 bridgehead atoms. The molecule has 0 aromatic heterocycles. The third-order valence-corrected chi connectivity index (χ3v) is 2.57. The maximum absolute atomic E-state index is 13.5. The summed E-state index contributed by atoms with van der Waals surface area (Å²) in [6.45, 7) is 0. The standard InChI is InChI=1S/C13H9F4N/c1-18(9-4-2-8(14)3-5-9)13-7-11(16)10(15)6-12(13)17/h2-7H,1H3. The Morgan fingerprint density at radius 2 is 1.33 bits per heavy atom. The fourth-order valence-electron chi connectivity index (χ4n) is 1.57. The van der Waals surface area contributed by atoms with Crippen LogP contribution in [0.4, 0.5) is 28.9 Å². The number of halogens is 4. The predicted molar refractivity (Wildman–Crippen MR) is 60.8 cm³/mol. The quantitative estimate of drug-likeness (QED) is 0.579. The highest BCUT2D eigenvalue weighted by atomic mass is 19.2. The Hall–Kier alpha value is -2.04. The average Bonchev–Trinajstić information content (AvgIpc) is 2.34. The fraction of sp³-hybridized carbons (Fsp3) is 0.0769. The van der Waals surface area contributed by atoms with Crippen LogP contribution in [0.5, 0.6) is 0 Å². The summed E-state index contributed by atoms with van der Waals surface area (Å²) in [7, 11) is 1.48. The van der Waals surface area contributed by atoms with Crippen molar-refractivity contribution in [2.75, 3.05) is 11.9 Å². The second kappa shape index (κ2) is 4.68. The molecular weight excluding hydrogens is 246 g/mol. The molecule has 0 saturated heterocycles. The lowest BCUT2D eigenvalue weighted by Gasteiger charge is -2.20. The molecule has 0 saturated carbocycles. The van der Waals surface area contributed by atoms with E-state index >= 15 is 0 Å². The minimum absolute atomic E-state index is 0.125. The Morgan fingerprint density at radius 1 is 0.778 bits per heavy atom. The molecule has 0 aliphatic heterocycles. The van der Waals surface area contributed by atoms with E-state index in [2.05, 4.69) is 0 Å². The molecule has 0 unspecified atom stereocenters. The molecule has 94 valence electrons. The van der Waals surface area contributed by atoms with Gasteiger partial charge < -0.3 is 4.90 Å². The third kappa shape index (κ3) is 2.30. The van der Waals surface area contributed by atoms with Crippen molar-refractivity contribution in [2.24, 2.45) is 0 Å². The van der Waals surface area contributed by atoms with E-state index < -0.39 is 23.3 Å². The van der Waals surface area contributed by atoms with E-state index in [0.29, 0.717) is 11.8 Å². The molecule has 0 N–H and O–H groups in total. The molecule has 0 amide bonds. The van der Waals surface area contributed by atoms with Gasteiger partial charge in [-0.1, -0.05) is 0 Å². The van der Waals surface area contributed by atoms with Crippen LogP contribution in [0.3, 0.4) is 0 Å². The van der Waals surface area contributed by atoms with Crippen LogP contribution >= 0.6 is 0 Å². The van der Waals surface area contributed by atoms with Crippen LogP contribution in [0, 0.1) is 23.3 Å². The molecule has 0 aliphatic rings. The van der Waals surface area contributed by atoms with Crippen molar-refractivity contribution in [3.63, 3.8) is 0 Å². The molecule has 0 heterocycles. The summed E-state index contributed by atoms with van der Waals surface area (Å²) in [5.41, 5.74) is 0.335. The lowest BCUT2D eigenvalue weighted by atomic mass is 10.2. The van der Waals surface area contributed by atoms with Gasteiger partial charge in [0.2, 0.25) is 0 Å². The van der Waals surface area contributed by atoms with Crippen LogP contribution in [0.1, 0.15) is 0 Å². The van der Waals surface area contributed by atoms with E-state index in [1.165, 1.54) is 36.2 Å². The molecular formula is C13H9F4N. The zero-order valence-electron chi connectivity index (χ0n) is 9.42. The molecule has 2 aromatic carbocycles. The van der Waals surface area contributed by atoms with Crippen molar-refractivity contribution < 1.29 is 17.6 Å². The molecule has 5 heteroatoms. The zero-order valence-corrected chi connectivity index (χ0v) is 9.42. The summed E-state index contributed by atoms with van der Waals surface area (Å²) >= 11 is 0. The maximum Gasteiger partial charge on any atom is 0.161 e. The first-order chi connectivity index (χ1) is 8.49. The van der Waals surface area contributed by atoms with Crippen molar-refractivity contribution in [1.29, 1.82) is 0 Å². The van der Waals surface area contributed by atoms with Crippen LogP contribution in [0.25, 0.3) is 0 Å². The first-order valence-electron chi connectivity index (χ1n) is 5.13. The Bertz CT molecular complexity index is 566. The topological polar surface area (TPSA) is 3.24 Å². The van der Waals surface area contributed by atoms with Gasteiger partial charge in [0.15, 0.2) is 11.6 Å². The van der Waals surface area contributed by atoms with Gasteiger partial charge in [0, 0.05) is 24.9 Å². The summed E-state index contributed by atoms with van der Waals surface area (Å²) < 4.78 is 52.1. The minimum Gasteiger partial charge on any atom is -0.342 e. The number of anilines is 2. The van der Waals surface area contributed by atoms with Crippen molar-refractivity contribution in [2.45, 2.75) is 0 Å². The van der Waals surface area contributed by atoms with E-state index in [-0.39, 0.29) is 5.69 Å². The van der Waals surface area contributed by atoms with Gasteiger partial charge in [0.05, 0.1) is 5.69 Å². The highest BCUT2D eigenvalue weighted by molar-refractivity contribution is 5.62. The van der Waals surface area contributed by atoms with Crippen LogP contribution in [0.15, 0.2) is 36.4 Å². The summed E-state index contributed by atoms with van der Waals surface area (Å²) in [5, 5.41) is 0. The normalized spacial score (nSPS) is 10.5. The predicted octanol–water partition coefficient (Wildman–Crippen LogP) is 4.01. The maximum atomic E-state index is 13.5. The van der Waals surface area contributed by atoms with Crippen molar-refractivity contribution in [3.8, 4) is 0 Å². The number of benzene rings is 2. The smallest absolute Gasteiger partial charge is 0.161 e. The molecule has 2 aromatic rings. The Kier molecular flexibility index (Phi) is 3.23. The van der Waals surface area contributed by atoms with E-state index in [1.807, 2.05) is 0 Å². The summed E-state index contributed by atoms with van der Waals surface area (Å²) in [6, 6.07) is 6.46. The van der Waals surface area contributed by atoms with Crippen LogP contribution in [-0.4, -0.2) is 7.05 Å². The van der Waals surface area contributed by atoms with E-state index in [1.54, 1.807) is 0 Å². The van der Waals surface area contributed by atoms with Crippen molar-refractivity contribution >= 4 is 11.4 Å². The molecule has 18 heavy (non-hydrogen) atoms. The van der Waals surface area contributed by atoms with Crippen LogP contribution in [0.2, 0.25) is 0 Å². The minimum atomic E-state index is -1.25. The number of nitrogens with zero attached hydrogens (tertiary/aromatic N) is 1. The molecule has 0 radical (unpaired) electrons. The fourth-order valence-corrected chi connectivity index (χ4v) is 1.57. The third-order valence-electron chi connectivity index (χ3n) is 2.57. The van der Waals surface area contributed by atoms with E-state index in [9.17, 15) is 17.6 Å². The Morgan fingerprint density at radius 3 is 1.94 bits per heavy atom. The average molecular weight is 255 g/mol. The molecule has 0 aliphatic carbocycles. The van der Waals surface area contributed by atoms with Crippen LogP contribution < -0.4 is 4.90 Å². The van der Waals surface area contributed by atoms with Gasteiger partial charge in [0.25, 0.3) is 0 Å². The lowest BCUT2D eigenvalue weighted by Crippen LogP contribution is -2.12. The SMILES string of the molecule is CN(c1ccc(F)cc1)c1cc(F)c(F)cc1F. The van der Waals surface area contributed by atoms with Gasteiger partial charge in [0.1, 0.15) is 11.6 Å². The molecule has 2 rings (SSSR count). The second-order valence-corrected chi connectivity index (χ2v) is 3.75. The van der Waals surface area contributed by atoms with Crippen molar-refractivity contribution in [3.05, 3.63) is 59.7 Å². The van der Waals surface area contributed by atoms with Gasteiger partial charge in [-0.15, -0.1) is 0 Å². The molecule has 0 spiro atoms. The first kappa shape index (κ1) is 12.4. The highest BCUT2D eigenvalue weighted by Gasteiger charge is 2.14. The van der Waals surface area contributed by atoms with Gasteiger partial charge >= 0.3 is 0 Å². The number of rotatable bonds is 2. The summed E-state index contributed by atoms with van der Waals surface area (Å²) in [4.78, 5) is 1.30. The monoisotopic (exact) mass is 255 g/mol. The number of hydrogen-bond acceptors (Lipinski definition) is 1. The molecule has 0 fully saturated rings. The zero-order chi connectivity index (χ0) is 13.3. The largest absolute Gasteiger partial charge is 0.342 e. The summed E-state index contributed by atoms with van der Waals surface area (Å²) in [5.74, 6) is -3.71. The second-order valence-electron chi connectivity index (χ2n) is 3.75. The van der Waals surface area contributed by atoms with E-state index in [0.717, 1.165) is 6.07 Å². The van der Waals surface area contributed by atoms with E-state index in [4.69, 9.17) is 0 Å². The van der Waals surface area contributed by atoms with Crippen molar-refractivity contribution in [1.82, 2.24) is 0 Å². The molecule has 0 atom stereocenters. The lowest BCUT2D eigenvalue weighted by molar-refractivity contribution is 0.495. The number of hydrogen-bond donors (Lipinski definition) is 0. The van der Waals surface area contributed by atoms with Gasteiger partial charge in [-0.3, -0.25) is 0 Å². The first-order valence-corrected chi connectivity index (χ1v) is 5.13. The van der Waals surface area contributed by atoms with Crippen LogP contribution in [-0.2, 0) is 0 Å². The Balaban J connectivity index is 2.42. The van der Waals surface area contributed by atoms with Gasteiger partial charge in [-0.05, 0) is 24.3 Å².